The van der Waals surface area contributed by atoms with E-state index >= 15 is 0 Å². The minimum absolute atomic E-state index is 0.102. The Kier molecular flexibility index (Phi) is 9.06. The van der Waals surface area contributed by atoms with Gasteiger partial charge in [0, 0.05) is 12.2 Å². The van der Waals surface area contributed by atoms with Gasteiger partial charge < -0.3 is 19.9 Å². The number of aromatic nitrogens is 2. The van der Waals surface area contributed by atoms with Crippen molar-refractivity contribution < 1.29 is 33.4 Å². The van der Waals surface area contributed by atoms with Crippen molar-refractivity contribution >= 4 is 29.5 Å². The lowest BCUT2D eigenvalue weighted by Gasteiger charge is -2.16. The summed E-state index contributed by atoms with van der Waals surface area (Å²) in [6.45, 7) is -0.0853. The maximum atomic E-state index is 12.9. The van der Waals surface area contributed by atoms with E-state index in [-0.39, 0.29) is 13.2 Å². The van der Waals surface area contributed by atoms with Gasteiger partial charge in [0.25, 0.3) is 5.56 Å². The number of methoxy groups -OCH3 is 1. The molecule has 1 aromatic heterocycles. The number of ether oxygens (including phenoxy) is 3. The Morgan fingerprint density at radius 2 is 1.59 bits per heavy atom. The predicted molar refractivity (Wildman–Crippen MR) is 118 cm³/mol. The van der Waals surface area contributed by atoms with E-state index in [9.17, 15) is 28.8 Å². The van der Waals surface area contributed by atoms with E-state index in [1.165, 1.54) is 0 Å². The van der Waals surface area contributed by atoms with Gasteiger partial charge in [0.1, 0.15) is 17.9 Å². The zero-order valence-corrected chi connectivity index (χ0v) is 18.5. The van der Waals surface area contributed by atoms with Gasteiger partial charge in [-0.3, -0.25) is 19.0 Å². The van der Waals surface area contributed by atoms with E-state index in [1.807, 2.05) is 0 Å². The Hall–Kier alpha value is -4.48. The Balaban J connectivity index is 2.41. The number of nitrogens with two attached hydrogens (primary N) is 1. The lowest BCUT2D eigenvalue weighted by atomic mass is 10.2. The smallest absolute Gasteiger partial charge is 0.333 e. The summed E-state index contributed by atoms with van der Waals surface area (Å²) < 4.78 is 15.4. The van der Waals surface area contributed by atoms with E-state index in [2.05, 4.69) is 9.47 Å². The topological polar surface area (TPSA) is 166 Å². The minimum Gasteiger partial charge on any atom is -0.468 e. The number of ketones is 1. The van der Waals surface area contributed by atoms with Crippen LogP contribution in [0.1, 0.15) is 22.8 Å². The molecule has 1 heterocycles. The fraction of sp³-hybridized carbons (Fsp3) is 0.273. The van der Waals surface area contributed by atoms with Gasteiger partial charge in [-0.25, -0.2) is 19.0 Å². The predicted octanol–water partition coefficient (Wildman–Crippen LogP) is -0.341. The summed E-state index contributed by atoms with van der Waals surface area (Å²) in [7, 11) is 1.07. The molecule has 0 bridgehead atoms. The first-order valence-electron chi connectivity index (χ1n) is 9.98. The molecule has 0 aliphatic carbocycles. The Labute approximate surface area is 193 Å². The largest absolute Gasteiger partial charge is 0.468 e. The van der Waals surface area contributed by atoms with Gasteiger partial charge in [0.15, 0.2) is 6.61 Å². The number of nitrogen functional groups attached to an aromatic ring is 1. The number of benzene rings is 1. The second-order valence-electron chi connectivity index (χ2n) is 6.70. The molecule has 0 atom stereocenters. The van der Waals surface area contributed by atoms with Crippen LogP contribution in [0.3, 0.4) is 0 Å². The first kappa shape index (κ1) is 25.8. The second kappa shape index (κ2) is 11.9. The highest BCUT2D eigenvalue weighted by Crippen LogP contribution is 2.10. The SMILES string of the molecule is CCOC(=O)/C=C/C(=O)OCC(=O)c1c(N)n(Cc2ccccc2)c(=O)n(CC(=O)OC)c1=O. The van der Waals surface area contributed by atoms with Crippen LogP contribution in [-0.2, 0) is 41.7 Å². The molecule has 0 saturated carbocycles. The van der Waals surface area contributed by atoms with Crippen LogP contribution in [-0.4, -0.2) is 53.1 Å². The van der Waals surface area contributed by atoms with Crippen molar-refractivity contribution in [3.8, 4) is 0 Å². The average Bonchev–Trinajstić information content (AvgIpc) is 2.82. The van der Waals surface area contributed by atoms with Crippen LogP contribution >= 0.6 is 0 Å². The van der Waals surface area contributed by atoms with E-state index in [4.69, 9.17) is 10.5 Å². The molecule has 0 amide bonds. The van der Waals surface area contributed by atoms with E-state index in [0.717, 1.165) is 23.8 Å². The Morgan fingerprint density at radius 1 is 0.971 bits per heavy atom. The molecule has 180 valence electrons. The lowest BCUT2D eigenvalue weighted by molar-refractivity contribution is -0.141. The molecule has 2 N–H and O–H groups in total. The molecule has 1 aromatic carbocycles. The summed E-state index contributed by atoms with van der Waals surface area (Å²) in [5, 5.41) is 0. The molecule has 0 aliphatic rings. The highest BCUT2D eigenvalue weighted by molar-refractivity contribution is 6.02. The van der Waals surface area contributed by atoms with Gasteiger partial charge in [0.2, 0.25) is 5.78 Å². The van der Waals surface area contributed by atoms with Crippen molar-refractivity contribution in [2.75, 3.05) is 26.1 Å². The first-order valence-corrected chi connectivity index (χ1v) is 9.98. The van der Waals surface area contributed by atoms with Crippen molar-refractivity contribution in [3.63, 3.8) is 0 Å². The van der Waals surface area contributed by atoms with Crippen molar-refractivity contribution in [2.24, 2.45) is 0 Å². The molecule has 12 heteroatoms. The quantitative estimate of drug-likeness (QED) is 0.209. The standard InChI is InChI=1S/C22H23N3O9/c1-3-33-16(27)9-10-17(28)34-13-15(26)19-20(23)24(11-14-7-5-4-6-8-14)22(31)25(21(19)30)12-18(29)32-2/h4-10H,3,11-13,23H2,1-2H3/b10-9+. The van der Waals surface area contributed by atoms with Crippen LogP contribution in [0.2, 0.25) is 0 Å². The van der Waals surface area contributed by atoms with Crippen LogP contribution < -0.4 is 17.0 Å². The molecular formula is C22H23N3O9. The zero-order valence-electron chi connectivity index (χ0n) is 18.5. The normalized spacial score (nSPS) is 10.6. The van der Waals surface area contributed by atoms with Crippen molar-refractivity contribution in [2.45, 2.75) is 20.0 Å². The third-order valence-corrected chi connectivity index (χ3v) is 4.43. The molecule has 2 aromatic rings. The summed E-state index contributed by atoms with van der Waals surface area (Å²) in [6, 6.07) is 8.59. The fourth-order valence-corrected chi connectivity index (χ4v) is 2.81. The molecule has 0 fully saturated rings. The zero-order chi connectivity index (χ0) is 25.3. The summed E-state index contributed by atoms with van der Waals surface area (Å²) in [6.07, 6.45) is 1.56. The number of anilines is 1. The molecule has 12 nitrogen and oxygen atoms in total. The van der Waals surface area contributed by atoms with Crippen LogP contribution in [0.4, 0.5) is 5.82 Å². The van der Waals surface area contributed by atoms with Crippen LogP contribution in [0, 0.1) is 0 Å². The molecule has 0 spiro atoms. The third-order valence-electron chi connectivity index (χ3n) is 4.43. The number of Topliss-reactive ketones (excluding diaryl/α,β-unsaturated/α-hetero) is 1. The summed E-state index contributed by atoms with van der Waals surface area (Å²) in [5.41, 5.74) is 3.93. The molecule has 0 aliphatic heterocycles. The van der Waals surface area contributed by atoms with Gasteiger partial charge >= 0.3 is 23.6 Å². The minimum atomic E-state index is -1.14. The van der Waals surface area contributed by atoms with Crippen molar-refractivity contribution in [1.29, 1.82) is 0 Å². The second-order valence-corrected chi connectivity index (χ2v) is 6.70. The lowest BCUT2D eigenvalue weighted by Crippen LogP contribution is -2.46. The van der Waals surface area contributed by atoms with Crippen LogP contribution in [0.15, 0.2) is 52.1 Å². The third kappa shape index (κ3) is 6.51. The number of nitrogens with zero attached hydrogens (tertiary/aromatic N) is 2. The van der Waals surface area contributed by atoms with E-state index in [1.54, 1.807) is 37.3 Å². The number of esters is 3. The van der Waals surface area contributed by atoms with Crippen LogP contribution in [0.25, 0.3) is 0 Å². The number of carbonyl (C=O) groups excluding carboxylic acids is 4. The fourth-order valence-electron chi connectivity index (χ4n) is 2.81. The van der Waals surface area contributed by atoms with Crippen LogP contribution in [0.5, 0.6) is 0 Å². The highest BCUT2D eigenvalue weighted by atomic mass is 16.5. The molecule has 2 rings (SSSR count). The molecule has 0 saturated heterocycles. The van der Waals surface area contributed by atoms with E-state index in [0.29, 0.717) is 10.1 Å². The highest BCUT2D eigenvalue weighted by Gasteiger charge is 2.25. The average molecular weight is 473 g/mol. The summed E-state index contributed by atoms with van der Waals surface area (Å²) in [5.74, 6) is -4.20. The maximum absolute atomic E-state index is 12.9. The Bertz CT molecular complexity index is 1230. The number of rotatable bonds is 10. The van der Waals surface area contributed by atoms with Crippen molar-refractivity contribution in [1.82, 2.24) is 9.13 Å². The molecular weight excluding hydrogens is 450 g/mol. The van der Waals surface area contributed by atoms with Gasteiger partial charge in [-0.1, -0.05) is 30.3 Å². The first-order chi connectivity index (χ1) is 16.2. The Morgan fingerprint density at radius 3 is 2.18 bits per heavy atom. The van der Waals surface area contributed by atoms with Gasteiger partial charge in [-0.2, -0.15) is 0 Å². The molecule has 0 unspecified atom stereocenters. The number of carbonyl (C=O) groups is 4. The van der Waals surface area contributed by atoms with Gasteiger partial charge in [0.05, 0.1) is 20.3 Å². The number of hydrogen-bond acceptors (Lipinski definition) is 10. The van der Waals surface area contributed by atoms with Crippen molar-refractivity contribution in [3.05, 3.63) is 74.4 Å². The number of hydrogen-bond donors (Lipinski definition) is 1. The van der Waals surface area contributed by atoms with E-state index < -0.39 is 59.5 Å². The van der Waals surface area contributed by atoms with Gasteiger partial charge in [-0.15, -0.1) is 0 Å². The monoisotopic (exact) mass is 473 g/mol. The van der Waals surface area contributed by atoms with Gasteiger partial charge in [-0.05, 0) is 12.5 Å². The molecule has 0 radical (unpaired) electrons. The summed E-state index contributed by atoms with van der Waals surface area (Å²) in [4.78, 5) is 73.3. The molecule has 34 heavy (non-hydrogen) atoms. The summed E-state index contributed by atoms with van der Waals surface area (Å²) >= 11 is 0. The maximum Gasteiger partial charge on any atom is 0.333 e.